The van der Waals surface area contributed by atoms with Crippen LogP contribution in [0.15, 0.2) is 0 Å². The minimum absolute atomic E-state index is 0. The first-order chi connectivity index (χ1) is 5.20. The number of rotatable bonds is 0. The molecule has 0 radical (unpaired) electrons. The van der Waals surface area contributed by atoms with Crippen molar-refractivity contribution in [3.05, 3.63) is 0 Å². The molecule has 1 rings (SSSR count). The summed E-state index contributed by atoms with van der Waals surface area (Å²) in [5.74, 6) is 0. The van der Waals surface area contributed by atoms with E-state index in [1.54, 1.807) is 0 Å². The summed E-state index contributed by atoms with van der Waals surface area (Å²) in [4.78, 5) is 0. The summed E-state index contributed by atoms with van der Waals surface area (Å²) in [5.41, 5.74) is 5.59. The van der Waals surface area contributed by atoms with Crippen LogP contribution in [0.5, 0.6) is 0 Å². The Balaban J connectivity index is 0. The van der Waals surface area contributed by atoms with Gasteiger partial charge >= 0.3 is 49.9 Å². The van der Waals surface area contributed by atoms with E-state index in [0.29, 0.717) is 17.2 Å². The van der Waals surface area contributed by atoms with E-state index >= 15 is 0 Å². The Morgan fingerprint density at radius 2 is 1.50 bits per heavy atom. The second kappa shape index (κ2) is 11.1. The monoisotopic (exact) mass is 581 g/mol. The molecule has 0 spiro atoms. The van der Waals surface area contributed by atoms with Gasteiger partial charge in [0.2, 0.25) is 0 Å². The molecule has 1 aliphatic rings. The Morgan fingerprint density at radius 3 is 1.75 bits per heavy atom. The molecule has 0 unspecified atom stereocenters. The van der Waals surface area contributed by atoms with E-state index in [1.165, 1.54) is 0 Å². The fourth-order valence-electron chi connectivity index (χ4n) is 1.10. The zero-order valence-electron chi connectivity index (χ0n) is 6.79. The van der Waals surface area contributed by atoms with Crippen molar-refractivity contribution >= 4 is 38.7 Å². The van der Waals surface area contributed by atoms with Crippen molar-refractivity contribution in [2.45, 2.75) is 37.8 Å². The Bertz CT molecular complexity index is 81.6. The normalized spacial score (nSPS) is 28.3. The molecule has 0 aromatic rings. The third-order valence-corrected chi connectivity index (χ3v) is 1.74. The van der Waals surface area contributed by atoms with E-state index in [2.05, 4.69) is 38.7 Å². The van der Waals surface area contributed by atoms with Gasteiger partial charge in [0, 0.05) is 6.04 Å². The Morgan fingerprint density at radius 1 is 1.17 bits per heavy atom. The number of hydrogen-bond acceptors (Lipinski definition) is 3. The first-order valence-electron chi connectivity index (χ1n) is 3.46. The predicted octanol–water partition coefficient (Wildman–Crippen LogP) is 2.18. The van der Waals surface area contributed by atoms with E-state index < -0.39 is 0 Å². The van der Waals surface area contributed by atoms with Crippen molar-refractivity contribution in [3.63, 3.8) is 0 Å². The summed E-state index contributed by atoms with van der Waals surface area (Å²) in [7, 11) is 0. The summed E-state index contributed by atoms with van der Waals surface area (Å²) in [6, 6.07) is 0.360. The van der Waals surface area contributed by atoms with Crippen LogP contribution in [-0.2, 0) is 11.2 Å². The molecule has 3 nitrogen and oxygen atoms in total. The molecule has 1 saturated carbocycles. The van der Waals surface area contributed by atoms with Crippen LogP contribution < -0.4 is 11.9 Å². The summed E-state index contributed by atoms with van der Waals surface area (Å²) >= 11 is 5.30. The molecule has 0 heterocycles. The first kappa shape index (κ1) is 16.5. The number of aliphatic hydroxyl groups excluding tert-OH is 1. The number of nitrogens with two attached hydrogens (primary N) is 1. The van der Waals surface area contributed by atoms with Crippen LogP contribution in [0, 0.1) is 0 Å². The van der Waals surface area contributed by atoms with Gasteiger partial charge in [-0.3, -0.25) is 0 Å². The van der Waals surface area contributed by atoms with Gasteiger partial charge in [-0.25, -0.2) is 0 Å². The molecule has 6 heteroatoms. The van der Waals surface area contributed by atoms with Crippen LogP contribution >= 0.6 is 38.7 Å². The van der Waals surface area contributed by atoms with Gasteiger partial charge in [0.1, 0.15) is 0 Å². The summed E-state index contributed by atoms with van der Waals surface area (Å²) in [6.07, 6.45) is 3.75. The van der Waals surface area contributed by atoms with Crippen molar-refractivity contribution in [2.24, 2.45) is 5.73 Å². The average Bonchev–Trinajstić information content (AvgIpc) is 1.97. The van der Waals surface area contributed by atoms with Gasteiger partial charge in [-0.05, 0) is 25.7 Å². The Labute approximate surface area is 103 Å². The van der Waals surface area contributed by atoms with Crippen LogP contribution in [0.25, 0.3) is 0 Å². The van der Waals surface area contributed by atoms with Gasteiger partial charge in [-0.1, -0.05) is 0 Å². The van der Waals surface area contributed by atoms with E-state index in [1.807, 2.05) is 0 Å². The molecule has 1 aliphatic carbocycles. The van der Waals surface area contributed by atoms with Gasteiger partial charge in [0.05, 0.1) is 6.10 Å². The first-order valence-corrected chi connectivity index (χ1v) is 16.4. The van der Waals surface area contributed by atoms with Gasteiger partial charge in [0.25, 0.3) is 0 Å². The van der Waals surface area contributed by atoms with Crippen LogP contribution in [-0.4, -0.2) is 17.3 Å². The minimum atomic E-state index is -0.0604. The van der Waals surface area contributed by atoms with Crippen molar-refractivity contribution in [2.75, 3.05) is 0 Å². The fraction of sp³-hybridized carbons (Fsp3) is 1.00. The van der Waals surface area contributed by atoms with Gasteiger partial charge in [-0.2, -0.15) is 0 Å². The predicted molar refractivity (Wildman–Crippen MR) is 65.5 cm³/mol. The molecule has 0 atom stereocenters. The number of hydrogen-bond donors (Lipinski definition) is 3. The van der Waals surface area contributed by atoms with E-state index in [-0.39, 0.29) is 12.3 Å². The summed E-state index contributed by atoms with van der Waals surface area (Å²) in [6.45, 7) is 0. The van der Waals surface area contributed by atoms with Crippen molar-refractivity contribution in [3.8, 4) is 0 Å². The molecule has 0 amide bonds. The average molecular weight is 581 g/mol. The zero-order chi connectivity index (χ0) is 8.69. The molecule has 6 N–H and O–H groups in total. The van der Waals surface area contributed by atoms with Crippen molar-refractivity contribution in [1.29, 1.82) is 0 Å². The van der Waals surface area contributed by atoms with Gasteiger partial charge in [-0.15, -0.1) is 0 Å². The van der Waals surface area contributed by atoms with E-state index in [9.17, 15) is 0 Å². The Hall–Kier alpha value is 2.03. The topological polar surface area (TPSA) is 81.2 Å². The van der Waals surface area contributed by atoms with Gasteiger partial charge < -0.3 is 17.0 Å². The van der Waals surface area contributed by atoms with Crippen molar-refractivity contribution < 1.29 is 16.3 Å². The molecule has 0 aromatic heterocycles. The molecule has 1 fully saturated rings. The second-order valence-corrected chi connectivity index (χ2v) is 19.2. The summed E-state index contributed by atoms with van der Waals surface area (Å²) in [5, 5.41) is 8.97. The fourth-order valence-corrected chi connectivity index (χ4v) is 1.10. The molecular weight excluding hydrogens is 565 g/mol. The standard InChI is InChI=1S/C6H13NO.2HI.H3N.Pt/c7-5-1-3-6(8)4-2-5;;;;/h5-6,8H,1-4,7H2;2*1H;1H3;/q;;;;+2/p-2. The second-order valence-electron chi connectivity index (χ2n) is 2.61. The van der Waals surface area contributed by atoms with Crippen LogP contribution in [0.1, 0.15) is 25.7 Å². The molecular formula is C6H16I2N2OPt. The van der Waals surface area contributed by atoms with Crippen molar-refractivity contribution in [1.82, 2.24) is 6.15 Å². The quantitative estimate of drug-likeness (QED) is 0.384. The zero-order valence-corrected chi connectivity index (χ0v) is 13.4. The molecule has 12 heavy (non-hydrogen) atoms. The third kappa shape index (κ3) is 10.1. The van der Waals surface area contributed by atoms with Crippen LogP contribution in [0.4, 0.5) is 0 Å². The maximum absolute atomic E-state index is 8.97. The molecule has 0 aliphatic heterocycles. The third-order valence-electron chi connectivity index (χ3n) is 1.74. The SMILES string of the molecule is N.NC1CCC(O)CC1.[I][Pt][I]. The van der Waals surface area contributed by atoms with Gasteiger partial charge in [0.15, 0.2) is 0 Å². The molecule has 0 aromatic carbocycles. The Kier molecular flexibility index (Phi) is 15.2. The van der Waals surface area contributed by atoms with E-state index in [0.717, 1.165) is 25.7 Å². The van der Waals surface area contributed by atoms with Crippen LogP contribution in [0.2, 0.25) is 0 Å². The molecule has 80 valence electrons. The number of aliphatic hydroxyl groups is 1. The van der Waals surface area contributed by atoms with E-state index in [4.69, 9.17) is 10.8 Å². The number of halogens is 2. The molecule has 0 saturated heterocycles. The van der Waals surface area contributed by atoms with Crippen LogP contribution in [0.3, 0.4) is 0 Å². The maximum atomic E-state index is 8.97. The molecule has 0 bridgehead atoms. The summed E-state index contributed by atoms with van der Waals surface area (Å²) < 4.78 is 0.